The molecule has 1 aromatic carbocycles. The number of likely N-dealkylation sites (tertiary alicyclic amines) is 1. The molecule has 2 N–H and O–H groups in total. The Hall–Kier alpha value is -3.02. The van der Waals surface area contributed by atoms with Gasteiger partial charge >= 0.3 is 0 Å². The molecule has 2 aliphatic carbocycles. The van der Waals surface area contributed by atoms with E-state index in [1.807, 2.05) is 23.8 Å². The van der Waals surface area contributed by atoms with Gasteiger partial charge in [-0.3, -0.25) is 9.59 Å². The van der Waals surface area contributed by atoms with E-state index in [0.29, 0.717) is 50.7 Å². The first-order valence-electron chi connectivity index (χ1n) is 15.6. The highest BCUT2D eigenvalue weighted by Crippen LogP contribution is 2.56. The van der Waals surface area contributed by atoms with Crippen LogP contribution in [0.5, 0.6) is 0 Å². The number of aliphatic hydroxyl groups excluding tert-OH is 2. The molecule has 42 heavy (non-hydrogen) atoms. The van der Waals surface area contributed by atoms with E-state index in [1.54, 1.807) is 0 Å². The summed E-state index contributed by atoms with van der Waals surface area (Å²) in [7, 11) is 2.01. The molecule has 3 fully saturated rings. The number of aliphatic hydroxyl groups is 2. The van der Waals surface area contributed by atoms with Crippen LogP contribution in [-0.4, -0.2) is 103 Å². The maximum Gasteiger partial charge on any atom is 0.242 e. The van der Waals surface area contributed by atoms with Crippen molar-refractivity contribution in [2.24, 2.45) is 17.3 Å². The molecule has 230 valence electrons. The third kappa shape index (κ3) is 7.12. The number of nitrogens with zero attached hydrogens (tertiary/aromatic N) is 4. The van der Waals surface area contributed by atoms with Gasteiger partial charge in [0.1, 0.15) is 0 Å². The second kappa shape index (κ2) is 14.0. The van der Waals surface area contributed by atoms with Crippen LogP contribution in [0.2, 0.25) is 0 Å². The fraction of sp³-hybridized carbons (Fsp3) is 0.647. The Morgan fingerprint density at radius 3 is 2.24 bits per heavy atom. The first-order valence-corrected chi connectivity index (χ1v) is 15.6. The summed E-state index contributed by atoms with van der Waals surface area (Å²) >= 11 is 0. The maximum atomic E-state index is 13.2. The van der Waals surface area contributed by atoms with Crippen LogP contribution in [0.15, 0.2) is 29.5 Å². The van der Waals surface area contributed by atoms with E-state index in [9.17, 15) is 19.8 Å². The molecule has 5 rings (SSSR count). The summed E-state index contributed by atoms with van der Waals surface area (Å²) in [4.78, 5) is 34.8. The number of hydrogen-bond donors (Lipinski definition) is 2. The summed E-state index contributed by atoms with van der Waals surface area (Å²) < 4.78 is 0. The monoisotopic (exact) mass is 578 g/mol. The summed E-state index contributed by atoms with van der Waals surface area (Å²) in [5.74, 6) is 3.85. The van der Waals surface area contributed by atoms with E-state index in [4.69, 9.17) is 6.42 Å². The Balaban J connectivity index is 0.000000952. The minimum Gasteiger partial charge on any atom is -0.396 e. The fourth-order valence-electron chi connectivity index (χ4n) is 6.67. The van der Waals surface area contributed by atoms with Gasteiger partial charge in [-0.15, -0.1) is 12.3 Å². The van der Waals surface area contributed by atoms with Crippen molar-refractivity contribution >= 4 is 17.5 Å². The van der Waals surface area contributed by atoms with Crippen LogP contribution in [0.3, 0.4) is 0 Å². The molecule has 2 saturated heterocycles. The molecule has 0 radical (unpaired) electrons. The average Bonchev–Trinajstić information content (AvgIpc) is 3.71. The lowest BCUT2D eigenvalue weighted by molar-refractivity contribution is -0.134. The van der Waals surface area contributed by atoms with Gasteiger partial charge in [-0.1, -0.05) is 19.1 Å². The van der Waals surface area contributed by atoms with Crippen LogP contribution in [0.25, 0.3) is 0 Å². The molecule has 2 aliphatic heterocycles. The predicted molar refractivity (Wildman–Crippen MR) is 167 cm³/mol. The largest absolute Gasteiger partial charge is 0.396 e. The number of benzene rings is 1. The van der Waals surface area contributed by atoms with E-state index in [0.717, 1.165) is 45.4 Å². The molecule has 0 aromatic heterocycles. The van der Waals surface area contributed by atoms with Gasteiger partial charge in [-0.05, 0) is 74.1 Å². The van der Waals surface area contributed by atoms with E-state index in [1.165, 1.54) is 28.1 Å². The Labute approximate surface area is 252 Å². The Morgan fingerprint density at radius 1 is 1.02 bits per heavy atom. The van der Waals surface area contributed by atoms with Crippen LogP contribution in [0.1, 0.15) is 56.6 Å². The Morgan fingerprint density at radius 2 is 1.64 bits per heavy atom. The van der Waals surface area contributed by atoms with Crippen molar-refractivity contribution < 1.29 is 19.8 Å². The zero-order valence-electron chi connectivity index (χ0n) is 26.1. The molecule has 1 aromatic rings. The smallest absolute Gasteiger partial charge is 0.242 e. The SMILES string of the molecule is C#CCC.Cc1cccc(N2CCN(C(=O)CN(C)C3=C(CC(=O)N4CCC(CO)(CO)CC4)[C@@H]4C[C@@H]4C3)CC2)c1C. The number of carbonyl (C=O) groups excluding carboxylic acids is 2. The molecular formula is C34H50N4O4. The summed E-state index contributed by atoms with van der Waals surface area (Å²) in [5.41, 5.74) is 5.84. The number of amides is 2. The third-order valence-electron chi connectivity index (χ3n) is 9.97. The number of hydrogen-bond acceptors (Lipinski definition) is 6. The number of fused-ring (bicyclic) bond motifs is 1. The molecule has 8 nitrogen and oxygen atoms in total. The van der Waals surface area contributed by atoms with Crippen LogP contribution in [0, 0.1) is 43.4 Å². The van der Waals surface area contributed by atoms with Gasteiger partial charge in [0.15, 0.2) is 0 Å². The van der Waals surface area contributed by atoms with Gasteiger partial charge in [-0.2, -0.15) is 0 Å². The number of piperidine rings is 1. The molecule has 1 saturated carbocycles. The van der Waals surface area contributed by atoms with Crippen LogP contribution >= 0.6 is 0 Å². The summed E-state index contributed by atoms with van der Waals surface area (Å²) in [6, 6.07) is 6.42. The quantitative estimate of drug-likeness (QED) is 0.461. The van der Waals surface area contributed by atoms with Crippen LogP contribution in [-0.2, 0) is 9.59 Å². The van der Waals surface area contributed by atoms with Crippen molar-refractivity contribution in [3.63, 3.8) is 0 Å². The molecule has 0 spiro atoms. The van der Waals surface area contributed by atoms with Gasteiger partial charge in [-0.25, -0.2) is 0 Å². The maximum absolute atomic E-state index is 13.2. The van der Waals surface area contributed by atoms with Crippen molar-refractivity contribution in [1.29, 1.82) is 0 Å². The molecule has 0 bridgehead atoms. The molecule has 2 amide bonds. The second-order valence-corrected chi connectivity index (χ2v) is 12.7. The third-order valence-corrected chi connectivity index (χ3v) is 9.97. The fourth-order valence-corrected chi connectivity index (χ4v) is 6.67. The lowest BCUT2D eigenvalue weighted by Gasteiger charge is -2.39. The van der Waals surface area contributed by atoms with Gasteiger partial charge in [0.05, 0.1) is 26.2 Å². The number of rotatable bonds is 8. The van der Waals surface area contributed by atoms with Crippen molar-refractivity contribution in [1.82, 2.24) is 14.7 Å². The standard InChI is InChI=1S/C30H44N4O4.C4H6/c1-21-5-4-6-26(22(21)2)32-11-13-34(14-12-32)29(38)18-31(3)27-16-23-15-24(23)25(27)17-28(37)33-9-7-30(19-35,20-36)8-10-33;1-3-4-2/h4-6,23-24,35-36H,7-20H2,1-3H3;1H,4H2,2H3/t23-,24-;/m1./s1. The molecular weight excluding hydrogens is 528 g/mol. The predicted octanol–water partition coefficient (Wildman–Crippen LogP) is 3.19. The van der Waals surface area contributed by atoms with Crippen molar-refractivity contribution in [2.75, 3.05) is 71.0 Å². The minimum atomic E-state index is -0.457. The normalized spacial score (nSPS) is 22.6. The average molecular weight is 579 g/mol. The summed E-state index contributed by atoms with van der Waals surface area (Å²) in [6.45, 7) is 10.8. The van der Waals surface area contributed by atoms with Gasteiger partial charge in [0.2, 0.25) is 11.8 Å². The molecule has 2 heterocycles. The van der Waals surface area contributed by atoms with Crippen LogP contribution in [0.4, 0.5) is 5.69 Å². The van der Waals surface area contributed by atoms with E-state index in [2.05, 4.69) is 47.8 Å². The van der Waals surface area contributed by atoms with Crippen molar-refractivity contribution in [3.05, 3.63) is 40.6 Å². The van der Waals surface area contributed by atoms with Gasteiger partial charge in [0.25, 0.3) is 0 Å². The number of likely N-dealkylation sites (N-methyl/N-ethyl adjacent to an activating group) is 1. The molecule has 0 unspecified atom stereocenters. The first kappa shape index (κ1) is 31.9. The number of piperazine rings is 1. The molecule has 8 heteroatoms. The Kier molecular flexibility index (Phi) is 10.6. The number of anilines is 1. The topological polar surface area (TPSA) is 87.6 Å². The lowest BCUT2D eigenvalue weighted by atomic mass is 9.80. The van der Waals surface area contributed by atoms with Gasteiger partial charge in [0, 0.05) is 69.5 Å². The minimum absolute atomic E-state index is 0.0377. The number of terminal acetylenes is 1. The van der Waals surface area contributed by atoms with E-state index >= 15 is 0 Å². The summed E-state index contributed by atoms with van der Waals surface area (Å²) in [5, 5.41) is 19.3. The highest BCUT2D eigenvalue weighted by molar-refractivity contribution is 5.80. The number of allylic oxidation sites excluding steroid dienone is 1. The lowest BCUT2D eigenvalue weighted by Crippen LogP contribution is -2.51. The summed E-state index contributed by atoms with van der Waals surface area (Å²) in [6.07, 6.45) is 9.44. The highest BCUT2D eigenvalue weighted by Gasteiger charge is 2.48. The van der Waals surface area contributed by atoms with E-state index < -0.39 is 5.41 Å². The highest BCUT2D eigenvalue weighted by atomic mass is 16.3. The van der Waals surface area contributed by atoms with Crippen molar-refractivity contribution in [2.45, 2.75) is 59.3 Å². The number of aryl methyl sites for hydroxylation is 1. The zero-order valence-corrected chi connectivity index (χ0v) is 26.1. The zero-order chi connectivity index (χ0) is 30.4. The molecule has 4 aliphatic rings. The molecule has 2 atom stereocenters. The first-order chi connectivity index (χ1) is 20.2. The van der Waals surface area contributed by atoms with Crippen LogP contribution < -0.4 is 4.90 Å². The van der Waals surface area contributed by atoms with E-state index in [-0.39, 0.29) is 25.0 Å². The van der Waals surface area contributed by atoms with Crippen molar-refractivity contribution in [3.8, 4) is 12.3 Å². The number of carbonyl (C=O) groups is 2. The Bertz CT molecular complexity index is 1180. The van der Waals surface area contributed by atoms with Gasteiger partial charge < -0.3 is 29.8 Å². The second-order valence-electron chi connectivity index (χ2n) is 12.7.